The van der Waals surface area contributed by atoms with Crippen molar-refractivity contribution in [1.29, 1.82) is 0 Å². The van der Waals surface area contributed by atoms with Crippen molar-refractivity contribution in [3.63, 3.8) is 0 Å². The van der Waals surface area contributed by atoms with E-state index >= 15 is 0 Å². The van der Waals surface area contributed by atoms with Gasteiger partial charge in [-0.25, -0.2) is 9.48 Å². The summed E-state index contributed by atoms with van der Waals surface area (Å²) in [6, 6.07) is 6.41. The van der Waals surface area contributed by atoms with Gasteiger partial charge in [0.15, 0.2) is 5.69 Å². The highest BCUT2D eigenvalue weighted by Gasteiger charge is 2.23. The molecule has 1 aliphatic rings. The molecule has 0 aliphatic carbocycles. The first-order valence-electron chi connectivity index (χ1n) is 7.98. The molecule has 1 N–H and O–H groups in total. The number of rotatable bonds is 3. The Morgan fingerprint density at radius 3 is 2.67 bits per heavy atom. The molecule has 126 valence electrons. The molecular formula is C17H19N3O4. The van der Waals surface area contributed by atoms with Crippen LogP contribution < -0.4 is 5.56 Å². The normalized spacial score (nSPS) is 17.9. The number of nitrogens with zero attached hydrogens (tertiary/aromatic N) is 3. The van der Waals surface area contributed by atoms with Crippen molar-refractivity contribution in [2.75, 3.05) is 13.1 Å². The highest BCUT2D eigenvalue weighted by atomic mass is 16.4. The smallest absolute Gasteiger partial charge is 0.357 e. The topological polar surface area (TPSA) is 92.5 Å². The number of carboxylic acid groups (broad SMARTS) is 1. The van der Waals surface area contributed by atoms with Crippen molar-refractivity contribution in [3.8, 4) is 0 Å². The number of hydrogen-bond donors (Lipinski definition) is 1. The fourth-order valence-corrected chi connectivity index (χ4v) is 3.14. The SMILES string of the molecule is C[C@H]1CCCN(C(=O)Cn2nc(C(=O)O)c3ccccc3c2=O)C1. The molecule has 1 aromatic heterocycles. The van der Waals surface area contributed by atoms with Crippen LogP contribution >= 0.6 is 0 Å². The highest BCUT2D eigenvalue weighted by Crippen LogP contribution is 2.16. The summed E-state index contributed by atoms with van der Waals surface area (Å²) in [6.07, 6.45) is 2.02. The number of carbonyl (C=O) groups excluding carboxylic acids is 1. The van der Waals surface area contributed by atoms with Crippen LogP contribution in [0.5, 0.6) is 0 Å². The average molecular weight is 329 g/mol. The summed E-state index contributed by atoms with van der Waals surface area (Å²) in [4.78, 5) is 38.1. The van der Waals surface area contributed by atoms with E-state index in [9.17, 15) is 19.5 Å². The predicted octanol–water partition coefficient (Wildman–Crippen LogP) is 1.35. The predicted molar refractivity (Wildman–Crippen MR) is 87.9 cm³/mol. The first-order valence-corrected chi connectivity index (χ1v) is 7.98. The summed E-state index contributed by atoms with van der Waals surface area (Å²) in [5.41, 5.74) is -0.668. The Kier molecular flexibility index (Phi) is 4.33. The zero-order valence-electron chi connectivity index (χ0n) is 13.4. The van der Waals surface area contributed by atoms with Gasteiger partial charge in [-0.1, -0.05) is 25.1 Å². The van der Waals surface area contributed by atoms with E-state index in [4.69, 9.17) is 0 Å². The molecule has 1 amide bonds. The molecule has 1 aromatic carbocycles. The molecule has 1 atom stereocenters. The van der Waals surface area contributed by atoms with Gasteiger partial charge in [0, 0.05) is 18.5 Å². The quantitative estimate of drug-likeness (QED) is 0.917. The van der Waals surface area contributed by atoms with E-state index in [1.54, 1.807) is 29.2 Å². The second kappa shape index (κ2) is 6.43. The van der Waals surface area contributed by atoms with Gasteiger partial charge in [0.25, 0.3) is 5.56 Å². The van der Waals surface area contributed by atoms with Gasteiger partial charge in [-0.2, -0.15) is 5.10 Å². The Morgan fingerprint density at radius 1 is 1.29 bits per heavy atom. The van der Waals surface area contributed by atoms with Crippen LogP contribution in [0.15, 0.2) is 29.1 Å². The van der Waals surface area contributed by atoms with E-state index in [1.165, 1.54) is 0 Å². The molecule has 2 heterocycles. The molecule has 1 saturated heterocycles. The Balaban J connectivity index is 1.97. The summed E-state index contributed by atoms with van der Waals surface area (Å²) < 4.78 is 0.966. The largest absolute Gasteiger partial charge is 0.476 e. The van der Waals surface area contributed by atoms with Crippen LogP contribution in [0.4, 0.5) is 0 Å². The first kappa shape index (κ1) is 16.2. The van der Waals surface area contributed by atoms with Crippen molar-refractivity contribution in [3.05, 3.63) is 40.3 Å². The molecule has 24 heavy (non-hydrogen) atoms. The number of likely N-dealkylation sites (tertiary alicyclic amines) is 1. The van der Waals surface area contributed by atoms with Crippen molar-refractivity contribution in [2.45, 2.75) is 26.3 Å². The van der Waals surface area contributed by atoms with E-state index in [2.05, 4.69) is 12.0 Å². The zero-order chi connectivity index (χ0) is 17.3. The number of fused-ring (bicyclic) bond motifs is 1. The average Bonchev–Trinajstić information content (AvgIpc) is 2.57. The first-order chi connectivity index (χ1) is 11.5. The fourth-order valence-electron chi connectivity index (χ4n) is 3.14. The Morgan fingerprint density at radius 2 is 2.00 bits per heavy atom. The number of hydrogen-bond acceptors (Lipinski definition) is 4. The lowest BCUT2D eigenvalue weighted by Gasteiger charge is -2.31. The molecule has 0 unspecified atom stereocenters. The number of carboxylic acids is 1. The van der Waals surface area contributed by atoms with Crippen molar-refractivity contribution in [2.24, 2.45) is 5.92 Å². The zero-order valence-corrected chi connectivity index (χ0v) is 13.4. The lowest BCUT2D eigenvalue weighted by molar-refractivity contribution is -0.133. The molecule has 3 rings (SSSR count). The summed E-state index contributed by atoms with van der Waals surface area (Å²) >= 11 is 0. The monoisotopic (exact) mass is 329 g/mol. The molecule has 0 saturated carbocycles. The van der Waals surface area contributed by atoms with E-state index in [-0.39, 0.29) is 28.9 Å². The third-order valence-electron chi connectivity index (χ3n) is 4.37. The second-order valence-electron chi connectivity index (χ2n) is 6.25. The number of benzene rings is 1. The highest BCUT2D eigenvalue weighted by molar-refractivity contribution is 6.01. The second-order valence-corrected chi connectivity index (χ2v) is 6.25. The molecular weight excluding hydrogens is 310 g/mol. The van der Waals surface area contributed by atoms with E-state index < -0.39 is 11.5 Å². The van der Waals surface area contributed by atoms with Gasteiger partial charge in [-0.15, -0.1) is 0 Å². The van der Waals surface area contributed by atoms with Gasteiger partial charge < -0.3 is 10.0 Å². The maximum absolute atomic E-state index is 12.5. The van der Waals surface area contributed by atoms with Gasteiger partial charge >= 0.3 is 5.97 Å². The number of carbonyl (C=O) groups is 2. The van der Waals surface area contributed by atoms with Crippen LogP contribution in [-0.2, 0) is 11.3 Å². The van der Waals surface area contributed by atoms with Crippen LogP contribution in [0, 0.1) is 5.92 Å². The van der Waals surface area contributed by atoms with Crippen LogP contribution in [0.25, 0.3) is 10.8 Å². The van der Waals surface area contributed by atoms with Crippen molar-refractivity contribution in [1.82, 2.24) is 14.7 Å². The molecule has 0 spiro atoms. The van der Waals surface area contributed by atoms with Gasteiger partial charge in [-0.3, -0.25) is 9.59 Å². The molecule has 7 nitrogen and oxygen atoms in total. The van der Waals surface area contributed by atoms with Crippen molar-refractivity contribution < 1.29 is 14.7 Å². The summed E-state index contributed by atoms with van der Waals surface area (Å²) in [5.74, 6) is -1.000. The summed E-state index contributed by atoms with van der Waals surface area (Å²) in [7, 11) is 0. The Hall–Kier alpha value is -2.70. The molecule has 2 aromatic rings. The third-order valence-corrected chi connectivity index (χ3v) is 4.37. The summed E-state index contributed by atoms with van der Waals surface area (Å²) in [6.45, 7) is 3.17. The minimum absolute atomic E-state index is 0.206. The standard InChI is InChI=1S/C17H19N3O4/c1-11-5-4-8-19(9-11)14(21)10-20-16(22)13-7-3-2-6-12(13)15(18-20)17(23)24/h2-3,6-7,11H,4-5,8-10H2,1H3,(H,23,24)/t11-/m0/s1. The number of amides is 1. The van der Waals surface area contributed by atoms with Crippen molar-refractivity contribution >= 4 is 22.6 Å². The van der Waals surface area contributed by atoms with Gasteiger partial charge in [-0.05, 0) is 24.8 Å². The van der Waals surface area contributed by atoms with Gasteiger partial charge in [0.2, 0.25) is 5.91 Å². The number of aromatic carboxylic acids is 1. The summed E-state index contributed by atoms with van der Waals surface area (Å²) in [5, 5.41) is 13.8. The molecule has 0 bridgehead atoms. The van der Waals surface area contributed by atoms with Crippen LogP contribution in [0.3, 0.4) is 0 Å². The van der Waals surface area contributed by atoms with Gasteiger partial charge in [0.05, 0.1) is 5.39 Å². The molecule has 1 fully saturated rings. The number of aromatic nitrogens is 2. The molecule has 7 heteroatoms. The minimum Gasteiger partial charge on any atom is -0.476 e. The minimum atomic E-state index is -1.22. The third kappa shape index (κ3) is 3.02. The van der Waals surface area contributed by atoms with E-state index in [1.807, 2.05) is 0 Å². The fraction of sp³-hybridized carbons (Fsp3) is 0.412. The van der Waals surface area contributed by atoms with Crippen LogP contribution in [0.2, 0.25) is 0 Å². The Labute approximate surface area is 138 Å². The lowest BCUT2D eigenvalue weighted by Crippen LogP contribution is -2.42. The Bertz CT molecular complexity index is 859. The van der Waals surface area contributed by atoms with Crippen LogP contribution in [0.1, 0.15) is 30.3 Å². The maximum atomic E-state index is 12.5. The van der Waals surface area contributed by atoms with E-state index in [0.29, 0.717) is 19.0 Å². The molecule has 0 radical (unpaired) electrons. The number of piperidine rings is 1. The lowest BCUT2D eigenvalue weighted by atomic mass is 10.0. The maximum Gasteiger partial charge on any atom is 0.357 e. The van der Waals surface area contributed by atoms with E-state index in [0.717, 1.165) is 17.5 Å². The van der Waals surface area contributed by atoms with Gasteiger partial charge in [0.1, 0.15) is 6.54 Å². The molecule has 1 aliphatic heterocycles. The van der Waals surface area contributed by atoms with Crippen LogP contribution in [-0.4, -0.2) is 44.8 Å².